The van der Waals surface area contributed by atoms with Crippen molar-refractivity contribution < 1.29 is 4.74 Å². The smallest absolute Gasteiger partial charge is 0.124 e. The van der Waals surface area contributed by atoms with Crippen LogP contribution in [0.1, 0.15) is 37.7 Å². The van der Waals surface area contributed by atoms with Gasteiger partial charge >= 0.3 is 0 Å². The van der Waals surface area contributed by atoms with Gasteiger partial charge in [0.05, 0.1) is 6.61 Å². The van der Waals surface area contributed by atoms with E-state index in [1.807, 2.05) is 6.07 Å². The molecule has 0 spiro atoms. The Morgan fingerprint density at radius 1 is 1.25 bits per heavy atom. The van der Waals surface area contributed by atoms with E-state index in [0.29, 0.717) is 0 Å². The largest absolute Gasteiger partial charge is 0.493 e. The molecule has 1 aromatic rings. The zero-order valence-electron chi connectivity index (χ0n) is 9.61. The van der Waals surface area contributed by atoms with Crippen LogP contribution in [0.4, 0.5) is 0 Å². The van der Waals surface area contributed by atoms with Crippen molar-refractivity contribution in [2.75, 3.05) is 6.61 Å². The average Bonchev–Trinajstić information content (AvgIpc) is 3.07. The average molecular weight is 217 g/mol. The fourth-order valence-corrected chi connectivity index (χ4v) is 2.32. The number of nitrogens with two attached hydrogens (primary N) is 1. The molecule has 0 aliphatic heterocycles. The molecule has 0 bridgehead atoms. The minimum absolute atomic E-state index is 0.111. The van der Waals surface area contributed by atoms with Crippen LogP contribution >= 0.6 is 0 Å². The Morgan fingerprint density at radius 3 is 2.62 bits per heavy atom. The Balaban J connectivity index is 1.79. The van der Waals surface area contributed by atoms with Gasteiger partial charge in [-0.05, 0) is 44.1 Å². The molecule has 1 aromatic carbocycles. The highest BCUT2D eigenvalue weighted by Gasteiger charge is 2.36. The zero-order valence-corrected chi connectivity index (χ0v) is 9.61. The highest BCUT2D eigenvalue weighted by Crippen LogP contribution is 2.43. The van der Waals surface area contributed by atoms with Crippen molar-refractivity contribution >= 4 is 0 Å². The number of para-hydroxylation sites is 1. The van der Waals surface area contributed by atoms with E-state index in [1.54, 1.807) is 0 Å². The minimum atomic E-state index is -0.111. The van der Waals surface area contributed by atoms with Crippen LogP contribution in [-0.4, -0.2) is 6.61 Å². The van der Waals surface area contributed by atoms with Gasteiger partial charge in [0.25, 0.3) is 0 Å². The first kappa shape index (κ1) is 10.2. The molecule has 3 rings (SSSR count). The first-order valence-corrected chi connectivity index (χ1v) is 6.29. The third-order valence-electron chi connectivity index (χ3n) is 3.84. The molecule has 0 radical (unpaired) electrons. The van der Waals surface area contributed by atoms with Gasteiger partial charge < -0.3 is 10.5 Å². The van der Waals surface area contributed by atoms with E-state index in [9.17, 15) is 0 Å². The molecule has 0 heterocycles. The number of hydrogen-bond acceptors (Lipinski definition) is 2. The quantitative estimate of drug-likeness (QED) is 0.841. The summed E-state index contributed by atoms with van der Waals surface area (Å²) in [5, 5.41) is 0. The maximum atomic E-state index is 6.37. The fourth-order valence-electron chi connectivity index (χ4n) is 2.32. The van der Waals surface area contributed by atoms with Crippen molar-refractivity contribution in [3.8, 4) is 5.75 Å². The third-order valence-corrected chi connectivity index (χ3v) is 3.84. The van der Waals surface area contributed by atoms with Crippen LogP contribution in [0.5, 0.6) is 5.75 Å². The lowest BCUT2D eigenvalue weighted by molar-refractivity contribution is 0.232. The summed E-state index contributed by atoms with van der Waals surface area (Å²) in [6.45, 7) is 0.868. The summed E-state index contributed by atoms with van der Waals surface area (Å²) in [6, 6.07) is 8.28. The summed E-state index contributed by atoms with van der Waals surface area (Å²) >= 11 is 0. The minimum Gasteiger partial charge on any atom is -0.493 e. The van der Waals surface area contributed by atoms with Crippen molar-refractivity contribution in [3.63, 3.8) is 0 Å². The lowest BCUT2D eigenvalue weighted by Gasteiger charge is -2.39. The number of benzene rings is 1. The lowest BCUT2D eigenvalue weighted by atomic mass is 9.72. The molecular weight excluding hydrogens is 198 g/mol. The van der Waals surface area contributed by atoms with Crippen LogP contribution in [0.25, 0.3) is 0 Å². The molecule has 2 fully saturated rings. The molecule has 2 heteroatoms. The van der Waals surface area contributed by atoms with Gasteiger partial charge in [0, 0.05) is 11.1 Å². The molecule has 0 amide bonds. The summed E-state index contributed by atoms with van der Waals surface area (Å²) in [7, 11) is 0. The third kappa shape index (κ3) is 1.82. The predicted octanol–water partition coefficient (Wildman–Crippen LogP) is 2.81. The van der Waals surface area contributed by atoms with Gasteiger partial charge in [0.1, 0.15) is 5.75 Å². The molecule has 2 aliphatic carbocycles. The van der Waals surface area contributed by atoms with Gasteiger partial charge in [0.2, 0.25) is 0 Å². The van der Waals surface area contributed by atoms with Gasteiger partial charge in [-0.25, -0.2) is 0 Å². The van der Waals surface area contributed by atoms with E-state index in [-0.39, 0.29) is 5.54 Å². The maximum Gasteiger partial charge on any atom is 0.124 e. The Hall–Kier alpha value is -1.02. The van der Waals surface area contributed by atoms with E-state index in [4.69, 9.17) is 10.5 Å². The molecule has 0 unspecified atom stereocenters. The number of ether oxygens (including phenoxy) is 1. The van der Waals surface area contributed by atoms with E-state index in [2.05, 4.69) is 18.2 Å². The molecule has 86 valence electrons. The summed E-state index contributed by atoms with van der Waals surface area (Å²) < 4.78 is 5.90. The van der Waals surface area contributed by atoms with Gasteiger partial charge in [-0.2, -0.15) is 0 Å². The summed E-state index contributed by atoms with van der Waals surface area (Å²) in [6.07, 6.45) is 6.09. The predicted molar refractivity (Wildman–Crippen MR) is 64.4 cm³/mol. The Morgan fingerprint density at radius 2 is 2.00 bits per heavy atom. The van der Waals surface area contributed by atoms with Gasteiger partial charge in [-0.15, -0.1) is 0 Å². The van der Waals surface area contributed by atoms with E-state index < -0.39 is 0 Å². The highest BCUT2D eigenvalue weighted by atomic mass is 16.5. The van der Waals surface area contributed by atoms with Gasteiger partial charge in [0.15, 0.2) is 0 Å². The molecule has 0 atom stereocenters. The second-order valence-electron chi connectivity index (χ2n) is 5.26. The van der Waals surface area contributed by atoms with E-state index in [1.165, 1.54) is 24.8 Å². The second kappa shape index (κ2) is 3.77. The van der Waals surface area contributed by atoms with Crippen molar-refractivity contribution in [2.45, 2.75) is 37.6 Å². The molecule has 16 heavy (non-hydrogen) atoms. The number of rotatable bonds is 4. The first-order chi connectivity index (χ1) is 7.78. The molecule has 2 saturated carbocycles. The van der Waals surface area contributed by atoms with Gasteiger partial charge in [-0.1, -0.05) is 18.2 Å². The molecule has 2 N–H and O–H groups in total. The normalized spacial score (nSPS) is 22.6. The molecular formula is C14H19NO. The summed E-state index contributed by atoms with van der Waals surface area (Å²) in [5.41, 5.74) is 7.47. The lowest BCUT2D eigenvalue weighted by Crippen LogP contribution is -2.43. The zero-order chi connectivity index (χ0) is 11.0. The van der Waals surface area contributed by atoms with Crippen LogP contribution in [-0.2, 0) is 5.54 Å². The first-order valence-electron chi connectivity index (χ1n) is 6.29. The van der Waals surface area contributed by atoms with Crippen LogP contribution in [0, 0.1) is 5.92 Å². The molecule has 2 nitrogen and oxygen atoms in total. The van der Waals surface area contributed by atoms with Crippen LogP contribution in [0.2, 0.25) is 0 Å². The Kier molecular flexibility index (Phi) is 2.40. The molecule has 2 aliphatic rings. The Labute approximate surface area is 96.8 Å². The SMILES string of the molecule is NC1(c2ccccc2OCC2CC2)CCC1. The van der Waals surface area contributed by atoms with Crippen LogP contribution in [0.15, 0.2) is 24.3 Å². The summed E-state index contributed by atoms with van der Waals surface area (Å²) in [4.78, 5) is 0. The van der Waals surface area contributed by atoms with Gasteiger partial charge in [-0.3, -0.25) is 0 Å². The van der Waals surface area contributed by atoms with Crippen molar-refractivity contribution in [1.82, 2.24) is 0 Å². The van der Waals surface area contributed by atoms with E-state index >= 15 is 0 Å². The summed E-state index contributed by atoms with van der Waals surface area (Å²) in [5.74, 6) is 1.81. The monoisotopic (exact) mass is 217 g/mol. The standard InChI is InChI=1S/C14H19NO/c15-14(8-3-9-14)12-4-1-2-5-13(12)16-10-11-6-7-11/h1-2,4-5,11H,3,6-10,15H2. The molecule has 0 aromatic heterocycles. The van der Waals surface area contributed by atoms with Crippen LogP contribution in [0.3, 0.4) is 0 Å². The second-order valence-corrected chi connectivity index (χ2v) is 5.26. The van der Waals surface area contributed by atoms with Crippen molar-refractivity contribution in [2.24, 2.45) is 11.7 Å². The van der Waals surface area contributed by atoms with E-state index in [0.717, 1.165) is 31.1 Å². The van der Waals surface area contributed by atoms with Crippen molar-refractivity contribution in [1.29, 1.82) is 0 Å². The maximum absolute atomic E-state index is 6.37. The number of hydrogen-bond donors (Lipinski definition) is 1. The highest BCUT2D eigenvalue weighted by molar-refractivity contribution is 5.40. The van der Waals surface area contributed by atoms with Crippen molar-refractivity contribution in [3.05, 3.63) is 29.8 Å². The van der Waals surface area contributed by atoms with Crippen LogP contribution < -0.4 is 10.5 Å². The topological polar surface area (TPSA) is 35.2 Å². The Bertz CT molecular complexity index is 380. The fraction of sp³-hybridized carbons (Fsp3) is 0.571. The molecule has 0 saturated heterocycles.